The molecule has 2 aliphatic rings. The lowest BCUT2D eigenvalue weighted by molar-refractivity contribution is 0.0730. The predicted molar refractivity (Wildman–Crippen MR) is 113 cm³/mol. The van der Waals surface area contributed by atoms with E-state index in [0.717, 1.165) is 39.1 Å². The Bertz CT molecular complexity index is 818. The summed E-state index contributed by atoms with van der Waals surface area (Å²) in [5.74, 6) is 0.0248. The van der Waals surface area contributed by atoms with E-state index in [1.165, 1.54) is 29.6 Å². The first-order chi connectivity index (χ1) is 14.4. The zero-order chi connectivity index (χ0) is 21.6. The molecular weight excluding hydrogens is 408 g/mol. The third-order valence-corrected chi connectivity index (χ3v) is 7.45. The fourth-order valence-electron chi connectivity index (χ4n) is 3.63. The Morgan fingerprint density at radius 2 is 1.83 bits per heavy atom. The van der Waals surface area contributed by atoms with E-state index >= 15 is 0 Å². The van der Waals surface area contributed by atoms with Gasteiger partial charge in [-0.05, 0) is 38.2 Å². The Labute approximate surface area is 179 Å². The molecule has 168 valence electrons. The Hall–Kier alpha value is -1.72. The average Bonchev–Trinajstić information content (AvgIpc) is 2.78. The molecule has 0 radical (unpaired) electrons. The first-order valence-corrected chi connectivity index (χ1v) is 11.8. The maximum absolute atomic E-state index is 12.9. The van der Waals surface area contributed by atoms with Gasteiger partial charge in [-0.3, -0.25) is 4.79 Å². The van der Waals surface area contributed by atoms with Crippen molar-refractivity contribution < 1.29 is 22.7 Å². The number of nitrogens with zero attached hydrogens (tertiary/aromatic N) is 3. The summed E-state index contributed by atoms with van der Waals surface area (Å²) >= 11 is 0. The fraction of sp³-hybridized carbons (Fsp3) is 0.650. The van der Waals surface area contributed by atoms with Crippen molar-refractivity contribution in [2.75, 3.05) is 79.7 Å². The summed E-state index contributed by atoms with van der Waals surface area (Å²) in [6, 6.07) is 4.42. The van der Waals surface area contributed by atoms with Gasteiger partial charge < -0.3 is 24.6 Å². The Balaban J connectivity index is 1.61. The molecule has 0 spiro atoms. The number of morpholine rings is 1. The van der Waals surface area contributed by atoms with Crippen LogP contribution in [0.5, 0.6) is 5.75 Å². The minimum Gasteiger partial charge on any atom is -0.496 e. The van der Waals surface area contributed by atoms with Crippen LogP contribution in [-0.2, 0) is 14.8 Å². The number of hydrogen-bond acceptors (Lipinski definition) is 7. The molecule has 1 N–H and O–H groups in total. The molecule has 0 bridgehead atoms. The topological polar surface area (TPSA) is 91.4 Å². The van der Waals surface area contributed by atoms with Gasteiger partial charge in [-0.1, -0.05) is 0 Å². The molecule has 0 unspecified atom stereocenters. The second kappa shape index (κ2) is 10.5. The summed E-state index contributed by atoms with van der Waals surface area (Å²) in [6.07, 6.45) is 0.837. The number of ether oxygens (including phenoxy) is 2. The van der Waals surface area contributed by atoms with Crippen LogP contribution in [0.25, 0.3) is 0 Å². The van der Waals surface area contributed by atoms with Crippen molar-refractivity contribution in [2.45, 2.75) is 11.3 Å². The van der Waals surface area contributed by atoms with Gasteiger partial charge in [0.1, 0.15) is 5.75 Å². The van der Waals surface area contributed by atoms with Gasteiger partial charge in [0.2, 0.25) is 10.0 Å². The van der Waals surface area contributed by atoms with Gasteiger partial charge in [0.05, 0.1) is 30.8 Å². The molecule has 9 nitrogen and oxygen atoms in total. The van der Waals surface area contributed by atoms with Crippen LogP contribution >= 0.6 is 0 Å². The number of methoxy groups -OCH3 is 1. The number of carbonyl (C=O) groups excluding carboxylic acids is 1. The van der Waals surface area contributed by atoms with Crippen molar-refractivity contribution in [3.63, 3.8) is 0 Å². The number of sulfonamides is 1. The van der Waals surface area contributed by atoms with Gasteiger partial charge in [0.15, 0.2) is 0 Å². The van der Waals surface area contributed by atoms with E-state index in [1.807, 2.05) is 0 Å². The molecule has 10 heteroatoms. The van der Waals surface area contributed by atoms with Gasteiger partial charge >= 0.3 is 0 Å². The van der Waals surface area contributed by atoms with Gasteiger partial charge in [-0.25, -0.2) is 8.42 Å². The molecule has 2 heterocycles. The summed E-state index contributed by atoms with van der Waals surface area (Å²) in [6.45, 7) is 7.02. The van der Waals surface area contributed by atoms with Crippen molar-refractivity contribution >= 4 is 15.9 Å². The van der Waals surface area contributed by atoms with E-state index in [0.29, 0.717) is 38.6 Å². The number of benzene rings is 1. The van der Waals surface area contributed by atoms with Crippen molar-refractivity contribution in [3.05, 3.63) is 23.8 Å². The van der Waals surface area contributed by atoms with Crippen LogP contribution < -0.4 is 10.1 Å². The number of rotatable bonds is 8. The number of nitrogens with one attached hydrogen (secondary N) is 1. The highest BCUT2D eigenvalue weighted by atomic mass is 32.2. The van der Waals surface area contributed by atoms with Crippen LogP contribution in [0.2, 0.25) is 0 Å². The fourth-order valence-corrected chi connectivity index (χ4v) is 5.07. The van der Waals surface area contributed by atoms with Crippen LogP contribution in [-0.4, -0.2) is 108 Å². The summed E-state index contributed by atoms with van der Waals surface area (Å²) in [5, 5.41) is 2.90. The second-order valence-corrected chi connectivity index (χ2v) is 9.57. The molecule has 0 atom stereocenters. The lowest BCUT2D eigenvalue weighted by Gasteiger charge is -2.32. The zero-order valence-corrected chi connectivity index (χ0v) is 18.6. The van der Waals surface area contributed by atoms with Crippen molar-refractivity contribution in [1.82, 2.24) is 19.4 Å². The third-order valence-electron chi connectivity index (χ3n) is 5.56. The largest absolute Gasteiger partial charge is 0.496 e. The van der Waals surface area contributed by atoms with E-state index < -0.39 is 10.0 Å². The lowest BCUT2D eigenvalue weighted by Crippen LogP contribution is -2.45. The lowest BCUT2D eigenvalue weighted by atomic mass is 10.2. The number of amides is 1. The Kier molecular flexibility index (Phi) is 8.06. The number of carbonyl (C=O) groups is 1. The maximum atomic E-state index is 12.9. The standard InChI is InChI=1S/C20H32N4O5S/c1-22-8-10-23(11-9-22)7-3-6-21-20(25)18-16-17(4-5-19(18)28-2)30(26,27)24-12-14-29-15-13-24/h4-5,16H,3,6-15H2,1-2H3,(H,21,25). The number of hydrogen-bond donors (Lipinski definition) is 1. The average molecular weight is 441 g/mol. The highest BCUT2D eigenvalue weighted by molar-refractivity contribution is 7.89. The Morgan fingerprint density at radius 1 is 1.13 bits per heavy atom. The molecular formula is C20H32N4O5S. The SMILES string of the molecule is COc1ccc(S(=O)(=O)N2CCOCC2)cc1C(=O)NCCCN1CCN(C)CC1. The van der Waals surface area contributed by atoms with Crippen molar-refractivity contribution in [1.29, 1.82) is 0 Å². The molecule has 1 amide bonds. The normalized spacial score (nSPS) is 19.5. The van der Waals surface area contributed by atoms with Gasteiger partial charge in [0.25, 0.3) is 5.91 Å². The smallest absolute Gasteiger partial charge is 0.255 e. The van der Waals surface area contributed by atoms with Crippen LogP contribution in [0.3, 0.4) is 0 Å². The monoisotopic (exact) mass is 440 g/mol. The van der Waals surface area contributed by atoms with E-state index in [1.54, 1.807) is 0 Å². The predicted octanol–water partition coefficient (Wildman–Crippen LogP) is 0.0834. The molecule has 30 heavy (non-hydrogen) atoms. The van der Waals surface area contributed by atoms with E-state index in [4.69, 9.17) is 9.47 Å². The Morgan fingerprint density at radius 3 is 2.50 bits per heavy atom. The maximum Gasteiger partial charge on any atom is 0.255 e. The summed E-state index contributed by atoms with van der Waals surface area (Å²) in [5.41, 5.74) is 0.228. The second-order valence-electron chi connectivity index (χ2n) is 7.63. The molecule has 2 saturated heterocycles. The van der Waals surface area contributed by atoms with Crippen LogP contribution in [0.15, 0.2) is 23.1 Å². The summed E-state index contributed by atoms with van der Waals surface area (Å²) < 4.78 is 37.7. The number of piperazine rings is 1. The highest BCUT2D eigenvalue weighted by Crippen LogP contribution is 2.25. The minimum atomic E-state index is -3.68. The van der Waals surface area contributed by atoms with E-state index in [2.05, 4.69) is 22.2 Å². The molecule has 2 aliphatic heterocycles. The first-order valence-electron chi connectivity index (χ1n) is 10.4. The first kappa shape index (κ1) is 23.0. The van der Waals surface area contributed by atoms with E-state index in [-0.39, 0.29) is 16.4 Å². The third kappa shape index (κ3) is 5.70. The van der Waals surface area contributed by atoms with Crippen LogP contribution in [0, 0.1) is 0 Å². The molecule has 0 saturated carbocycles. The molecule has 0 aliphatic carbocycles. The number of likely N-dealkylation sites (N-methyl/N-ethyl adjacent to an activating group) is 1. The van der Waals surface area contributed by atoms with Crippen molar-refractivity contribution in [3.8, 4) is 5.75 Å². The minimum absolute atomic E-state index is 0.0905. The van der Waals surface area contributed by atoms with Crippen LogP contribution in [0.4, 0.5) is 0 Å². The summed E-state index contributed by atoms with van der Waals surface area (Å²) in [7, 11) is -0.0889. The van der Waals surface area contributed by atoms with E-state index in [9.17, 15) is 13.2 Å². The highest BCUT2D eigenvalue weighted by Gasteiger charge is 2.28. The van der Waals surface area contributed by atoms with Gasteiger partial charge in [-0.2, -0.15) is 4.31 Å². The molecule has 2 fully saturated rings. The zero-order valence-electron chi connectivity index (χ0n) is 17.8. The molecule has 0 aromatic heterocycles. The van der Waals surface area contributed by atoms with Gasteiger partial charge in [0, 0.05) is 45.8 Å². The molecule has 3 rings (SSSR count). The quantitative estimate of drug-likeness (QED) is 0.573. The van der Waals surface area contributed by atoms with Crippen LogP contribution in [0.1, 0.15) is 16.8 Å². The summed E-state index contributed by atoms with van der Waals surface area (Å²) in [4.78, 5) is 17.5. The molecule has 1 aromatic rings. The molecule has 1 aromatic carbocycles. The van der Waals surface area contributed by atoms with Gasteiger partial charge in [-0.15, -0.1) is 0 Å². The van der Waals surface area contributed by atoms with Crippen molar-refractivity contribution in [2.24, 2.45) is 0 Å².